The van der Waals surface area contributed by atoms with Crippen molar-refractivity contribution in [2.45, 2.75) is 26.3 Å². The summed E-state index contributed by atoms with van der Waals surface area (Å²) >= 11 is 0. The van der Waals surface area contributed by atoms with E-state index in [9.17, 15) is 0 Å². The second kappa shape index (κ2) is 7.32. The first-order chi connectivity index (χ1) is 11.0. The highest BCUT2D eigenvalue weighted by Crippen LogP contribution is 2.40. The van der Waals surface area contributed by atoms with Gasteiger partial charge in [-0.3, -0.25) is 0 Å². The molecule has 0 saturated carbocycles. The molecule has 1 aromatic carbocycles. The third-order valence-corrected chi connectivity index (χ3v) is 3.91. The Kier molecular flexibility index (Phi) is 5.44. The van der Waals surface area contributed by atoms with Gasteiger partial charge in [0, 0.05) is 5.56 Å². The Morgan fingerprint density at radius 3 is 2.22 bits per heavy atom. The highest BCUT2D eigenvalue weighted by atomic mass is 16.5. The van der Waals surface area contributed by atoms with E-state index in [1.165, 1.54) is 0 Å². The largest absolute Gasteiger partial charge is 0.493 e. The van der Waals surface area contributed by atoms with Crippen molar-refractivity contribution in [2.75, 3.05) is 21.3 Å². The van der Waals surface area contributed by atoms with E-state index in [4.69, 9.17) is 24.5 Å². The fourth-order valence-electron chi connectivity index (χ4n) is 2.20. The van der Waals surface area contributed by atoms with E-state index < -0.39 is 0 Å². The molecule has 0 saturated heterocycles. The van der Waals surface area contributed by atoms with Crippen molar-refractivity contribution in [3.05, 3.63) is 18.0 Å². The summed E-state index contributed by atoms with van der Waals surface area (Å²) in [5.74, 6) is 2.67. The zero-order chi connectivity index (χ0) is 17.0. The number of rotatable bonds is 7. The lowest BCUT2D eigenvalue weighted by atomic mass is 10.0. The number of aromatic nitrogens is 2. The van der Waals surface area contributed by atoms with Crippen LogP contribution in [0.25, 0.3) is 11.4 Å². The minimum Gasteiger partial charge on any atom is -0.493 e. The van der Waals surface area contributed by atoms with Crippen LogP contribution in [0.2, 0.25) is 0 Å². The molecular weight excluding hydrogens is 298 g/mol. The molecule has 0 bridgehead atoms. The van der Waals surface area contributed by atoms with Gasteiger partial charge >= 0.3 is 0 Å². The zero-order valence-corrected chi connectivity index (χ0v) is 14.1. The molecule has 0 spiro atoms. The maximum absolute atomic E-state index is 6.13. The average Bonchev–Trinajstić information content (AvgIpc) is 3.08. The molecule has 0 aliphatic carbocycles. The van der Waals surface area contributed by atoms with Gasteiger partial charge in [0.2, 0.25) is 17.5 Å². The summed E-state index contributed by atoms with van der Waals surface area (Å²) in [6, 6.07) is 3.25. The molecule has 1 heterocycles. The lowest BCUT2D eigenvalue weighted by Crippen LogP contribution is -2.18. The predicted molar refractivity (Wildman–Crippen MR) is 85.8 cm³/mol. The summed E-state index contributed by atoms with van der Waals surface area (Å²) in [5.41, 5.74) is 6.83. The van der Waals surface area contributed by atoms with Gasteiger partial charge in [-0.2, -0.15) is 4.98 Å². The van der Waals surface area contributed by atoms with Crippen LogP contribution < -0.4 is 19.9 Å². The van der Waals surface area contributed by atoms with Gasteiger partial charge in [-0.25, -0.2) is 0 Å². The van der Waals surface area contributed by atoms with Crippen molar-refractivity contribution in [1.29, 1.82) is 0 Å². The minimum absolute atomic E-state index is 0.253. The molecule has 0 aliphatic heterocycles. The molecule has 0 radical (unpaired) electrons. The molecular formula is C16H23N3O4. The van der Waals surface area contributed by atoms with E-state index >= 15 is 0 Å². The Morgan fingerprint density at radius 2 is 1.74 bits per heavy atom. The minimum atomic E-state index is -0.289. The quantitative estimate of drug-likeness (QED) is 0.838. The molecule has 7 heteroatoms. The highest BCUT2D eigenvalue weighted by Gasteiger charge is 2.22. The maximum Gasteiger partial charge on any atom is 0.244 e. The third kappa shape index (κ3) is 3.39. The van der Waals surface area contributed by atoms with Crippen LogP contribution in [-0.2, 0) is 0 Å². The Bertz CT molecular complexity index is 632. The number of hydrogen-bond donors (Lipinski definition) is 1. The molecule has 7 nitrogen and oxygen atoms in total. The lowest BCUT2D eigenvalue weighted by Gasteiger charge is -2.13. The molecule has 2 unspecified atom stereocenters. The standard InChI is InChI=1S/C16H23N3O4/c1-6-9(2)13(17)16-18-15(19-23-16)10-7-11(20-3)14(22-5)12(8-10)21-4/h7-9,13H,6,17H2,1-5H3. The topological polar surface area (TPSA) is 92.6 Å². The van der Waals surface area contributed by atoms with E-state index in [1.54, 1.807) is 33.5 Å². The average molecular weight is 321 g/mol. The highest BCUT2D eigenvalue weighted by molar-refractivity contribution is 5.66. The maximum atomic E-state index is 6.13. The summed E-state index contributed by atoms with van der Waals surface area (Å²) in [6.45, 7) is 4.12. The molecule has 2 rings (SSSR count). The molecule has 2 atom stereocenters. The summed E-state index contributed by atoms with van der Waals surface area (Å²) < 4.78 is 21.3. The van der Waals surface area contributed by atoms with Crippen LogP contribution in [0.3, 0.4) is 0 Å². The summed E-state index contributed by atoms with van der Waals surface area (Å²) in [7, 11) is 4.67. The molecule has 2 aromatic rings. The predicted octanol–water partition coefficient (Wildman–Crippen LogP) is 2.81. The number of hydrogen-bond acceptors (Lipinski definition) is 7. The van der Waals surface area contributed by atoms with Crippen LogP contribution in [0.5, 0.6) is 17.2 Å². The number of nitrogens with zero attached hydrogens (tertiary/aromatic N) is 2. The molecule has 1 aromatic heterocycles. The van der Waals surface area contributed by atoms with Gasteiger partial charge in [-0.05, 0) is 18.1 Å². The first-order valence-corrected chi connectivity index (χ1v) is 7.45. The summed E-state index contributed by atoms with van der Waals surface area (Å²) in [6.07, 6.45) is 0.934. The number of methoxy groups -OCH3 is 3. The second-order valence-electron chi connectivity index (χ2n) is 5.28. The van der Waals surface area contributed by atoms with Crippen molar-refractivity contribution >= 4 is 0 Å². The van der Waals surface area contributed by atoms with Crippen LogP contribution >= 0.6 is 0 Å². The number of nitrogens with two attached hydrogens (primary N) is 1. The lowest BCUT2D eigenvalue weighted by molar-refractivity contribution is 0.312. The Balaban J connectivity index is 2.41. The van der Waals surface area contributed by atoms with Crippen LogP contribution in [0.4, 0.5) is 0 Å². The van der Waals surface area contributed by atoms with Gasteiger partial charge in [0.25, 0.3) is 0 Å². The van der Waals surface area contributed by atoms with Gasteiger partial charge in [-0.15, -0.1) is 0 Å². The van der Waals surface area contributed by atoms with E-state index in [1.807, 2.05) is 6.92 Å². The van der Waals surface area contributed by atoms with Gasteiger partial charge in [0.1, 0.15) is 0 Å². The second-order valence-corrected chi connectivity index (χ2v) is 5.28. The van der Waals surface area contributed by atoms with E-state index in [-0.39, 0.29) is 12.0 Å². The van der Waals surface area contributed by atoms with Crippen LogP contribution in [0, 0.1) is 5.92 Å². The normalized spacial score (nSPS) is 13.5. The molecule has 0 aliphatic rings. The van der Waals surface area contributed by atoms with Crippen molar-refractivity contribution in [3.8, 4) is 28.6 Å². The Labute approximate surface area is 135 Å². The van der Waals surface area contributed by atoms with Crippen molar-refractivity contribution in [2.24, 2.45) is 11.7 Å². The number of ether oxygens (including phenoxy) is 3. The van der Waals surface area contributed by atoms with Crippen LogP contribution in [0.15, 0.2) is 16.7 Å². The fraction of sp³-hybridized carbons (Fsp3) is 0.500. The van der Waals surface area contributed by atoms with Gasteiger partial charge in [0.15, 0.2) is 11.5 Å². The number of benzene rings is 1. The third-order valence-electron chi connectivity index (χ3n) is 3.91. The van der Waals surface area contributed by atoms with Gasteiger partial charge in [-0.1, -0.05) is 25.4 Å². The van der Waals surface area contributed by atoms with Crippen LogP contribution in [-0.4, -0.2) is 31.5 Å². The van der Waals surface area contributed by atoms with Crippen molar-refractivity contribution < 1.29 is 18.7 Å². The van der Waals surface area contributed by atoms with E-state index in [2.05, 4.69) is 17.1 Å². The Hall–Kier alpha value is -2.28. The first kappa shape index (κ1) is 17.1. The molecule has 0 amide bonds. The van der Waals surface area contributed by atoms with Gasteiger partial charge in [0.05, 0.1) is 27.4 Å². The zero-order valence-electron chi connectivity index (χ0n) is 14.1. The molecule has 126 valence electrons. The molecule has 0 fully saturated rings. The monoisotopic (exact) mass is 321 g/mol. The fourth-order valence-corrected chi connectivity index (χ4v) is 2.20. The van der Waals surface area contributed by atoms with E-state index in [0.717, 1.165) is 6.42 Å². The summed E-state index contributed by atoms with van der Waals surface area (Å²) in [4.78, 5) is 4.40. The van der Waals surface area contributed by atoms with E-state index in [0.29, 0.717) is 34.5 Å². The molecule has 23 heavy (non-hydrogen) atoms. The first-order valence-electron chi connectivity index (χ1n) is 7.45. The summed E-state index contributed by atoms with van der Waals surface area (Å²) in [5, 5.41) is 4.01. The van der Waals surface area contributed by atoms with Crippen molar-refractivity contribution in [3.63, 3.8) is 0 Å². The van der Waals surface area contributed by atoms with Crippen molar-refractivity contribution in [1.82, 2.24) is 10.1 Å². The van der Waals surface area contributed by atoms with Crippen LogP contribution in [0.1, 0.15) is 32.2 Å². The smallest absolute Gasteiger partial charge is 0.244 e. The molecule has 2 N–H and O–H groups in total. The SMILES string of the molecule is CCC(C)C(N)c1nc(-c2cc(OC)c(OC)c(OC)c2)no1. The Morgan fingerprint density at radius 1 is 1.13 bits per heavy atom. The van der Waals surface area contributed by atoms with Gasteiger partial charge < -0.3 is 24.5 Å².